The highest BCUT2D eigenvalue weighted by molar-refractivity contribution is 14.1. The van der Waals surface area contributed by atoms with Crippen LogP contribution in [0.1, 0.15) is 11.4 Å². The van der Waals surface area contributed by atoms with Gasteiger partial charge < -0.3 is 0 Å². The van der Waals surface area contributed by atoms with Gasteiger partial charge in [-0.1, -0.05) is 48.5 Å². The first-order valence-corrected chi connectivity index (χ1v) is 12.8. The van der Waals surface area contributed by atoms with Gasteiger partial charge in [-0.05, 0) is 84.8 Å². The zero-order valence-electron chi connectivity index (χ0n) is 16.7. The second kappa shape index (κ2) is 8.29. The quantitative estimate of drug-likeness (QED) is 0.237. The standard InChI is InChI=1S/C24H23IN3P/c1-18-24(19(2)28(26-18)22-10-6-4-7-11-22)29(3,23-12-8-5-9-13-23)27-21-16-14-20(25)15-17-21/h4-17H,1-3H3. The normalized spacial score (nSPS) is 13.1. The Kier molecular flexibility index (Phi) is 5.75. The summed E-state index contributed by atoms with van der Waals surface area (Å²) in [5.74, 6) is 0. The molecule has 0 saturated heterocycles. The van der Waals surface area contributed by atoms with E-state index >= 15 is 0 Å². The molecule has 146 valence electrons. The molecule has 1 aromatic heterocycles. The number of aryl methyl sites for hydroxylation is 1. The number of benzene rings is 3. The van der Waals surface area contributed by atoms with Crippen LogP contribution in [0.2, 0.25) is 0 Å². The number of halogens is 1. The molecule has 1 heterocycles. The predicted octanol–water partition coefficient (Wildman–Crippen LogP) is 6.21. The zero-order chi connectivity index (χ0) is 20.4. The fraction of sp³-hybridized carbons (Fsp3) is 0.125. The van der Waals surface area contributed by atoms with Crippen molar-refractivity contribution in [1.82, 2.24) is 9.78 Å². The van der Waals surface area contributed by atoms with Crippen molar-refractivity contribution < 1.29 is 0 Å². The largest absolute Gasteiger partial charge is 0.259 e. The average Bonchev–Trinajstić information content (AvgIpc) is 3.05. The van der Waals surface area contributed by atoms with E-state index in [0.717, 1.165) is 22.8 Å². The summed E-state index contributed by atoms with van der Waals surface area (Å²) >= 11 is 2.33. The number of para-hydroxylation sites is 1. The van der Waals surface area contributed by atoms with Gasteiger partial charge in [0.25, 0.3) is 0 Å². The second-order valence-corrected chi connectivity index (χ2v) is 11.5. The first kappa shape index (κ1) is 20.1. The molecular formula is C24H23IN3P. The van der Waals surface area contributed by atoms with E-state index in [1.807, 2.05) is 18.2 Å². The van der Waals surface area contributed by atoms with Crippen molar-refractivity contribution in [2.24, 2.45) is 4.74 Å². The summed E-state index contributed by atoms with van der Waals surface area (Å²) in [4.78, 5) is 0. The van der Waals surface area contributed by atoms with E-state index in [4.69, 9.17) is 9.84 Å². The van der Waals surface area contributed by atoms with E-state index in [2.05, 4.69) is 115 Å². The van der Waals surface area contributed by atoms with Crippen LogP contribution in [-0.2, 0) is 0 Å². The lowest BCUT2D eigenvalue weighted by atomic mass is 10.3. The van der Waals surface area contributed by atoms with Crippen LogP contribution in [0, 0.1) is 17.4 Å². The summed E-state index contributed by atoms with van der Waals surface area (Å²) in [6.45, 7) is 6.56. The van der Waals surface area contributed by atoms with Crippen molar-refractivity contribution in [3.63, 3.8) is 0 Å². The Morgan fingerprint density at radius 2 is 1.41 bits per heavy atom. The van der Waals surface area contributed by atoms with Crippen molar-refractivity contribution in [3.8, 4) is 5.69 Å². The van der Waals surface area contributed by atoms with E-state index < -0.39 is 7.05 Å². The molecule has 1 unspecified atom stereocenters. The third kappa shape index (κ3) is 3.96. The summed E-state index contributed by atoms with van der Waals surface area (Å²) in [7, 11) is -2.05. The lowest BCUT2D eigenvalue weighted by Crippen LogP contribution is -2.19. The molecule has 29 heavy (non-hydrogen) atoms. The molecule has 5 heteroatoms. The monoisotopic (exact) mass is 511 g/mol. The summed E-state index contributed by atoms with van der Waals surface area (Å²) in [6.07, 6.45) is 0. The molecule has 3 nitrogen and oxygen atoms in total. The maximum atomic E-state index is 5.36. The van der Waals surface area contributed by atoms with E-state index in [9.17, 15) is 0 Å². The number of hydrogen-bond acceptors (Lipinski definition) is 2. The maximum absolute atomic E-state index is 5.36. The first-order valence-electron chi connectivity index (χ1n) is 9.52. The van der Waals surface area contributed by atoms with E-state index in [1.54, 1.807) is 0 Å². The summed E-state index contributed by atoms with van der Waals surface area (Å²) in [5, 5.41) is 7.43. The van der Waals surface area contributed by atoms with Gasteiger partial charge in [-0.2, -0.15) is 5.10 Å². The number of rotatable bonds is 4. The minimum atomic E-state index is -2.05. The maximum Gasteiger partial charge on any atom is 0.0695 e. The molecule has 0 aliphatic heterocycles. The van der Waals surface area contributed by atoms with Crippen LogP contribution in [-0.4, -0.2) is 16.4 Å². The Bertz CT molecular complexity index is 1180. The second-order valence-electron chi connectivity index (χ2n) is 7.14. The Labute approximate surface area is 186 Å². The topological polar surface area (TPSA) is 30.2 Å². The Morgan fingerprint density at radius 3 is 2.03 bits per heavy atom. The van der Waals surface area contributed by atoms with Gasteiger partial charge in [0.1, 0.15) is 0 Å². The van der Waals surface area contributed by atoms with Gasteiger partial charge in [-0.15, -0.1) is 0 Å². The number of nitrogens with zero attached hydrogens (tertiary/aromatic N) is 3. The highest BCUT2D eigenvalue weighted by Crippen LogP contribution is 2.48. The fourth-order valence-corrected chi connectivity index (χ4v) is 7.36. The summed E-state index contributed by atoms with van der Waals surface area (Å²) < 4.78 is 8.62. The minimum absolute atomic E-state index is 1.01. The first-order chi connectivity index (χ1) is 14.0. The van der Waals surface area contributed by atoms with Gasteiger partial charge >= 0.3 is 0 Å². The molecule has 0 spiro atoms. The molecule has 4 aromatic rings. The predicted molar refractivity (Wildman–Crippen MR) is 133 cm³/mol. The molecular weight excluding hydrogens is 488 g/mol. The van der Waals surface area contributed by atoms with Gasteiger partial charge in [-0.3, -0.25) is 4.74 Å². The molecule has 0 aliphatic carbocycles. The molecule has 0 bridgehead atoms. The molecule has 3 aromatic carbocycles. The van der Waals surface area contributed by atoms with Gasteiger partial charge in [0.15, 0.2) is 0 Å². The molecule has 0 fully saturated rings. The summed E-state index contributed by atoms with van der Waals surface area (Å²) in [5.41, 5.74) is 4.28. The van der Waals surface area contributed by atoms with Crippen LogP contribution in [0.5, 0.6) is 0 Å². The highest BCUT2D eigenvalue weighted by atomic mass is 127. The lowest BCUT2D eigenvalue weighted by Gasteiger charge is -2.22. The fourth-order valence-electron chi connectivity index (χ4n) is 3.78. The minimum Gasteiger partial charge on any atom is -0.259 e. The molecule has 0 amide bonds. The van der Waals surface area contributed by atoms with Crippen molar-refractivity contribution in [3.05, 3.63) is 99.9 Å². The Morgan fingerprint density at radius 1 is 0.828 bits per heavy atom. The van der Waals surface area contributed by atoms with E-state index in [0.29, 0.717) is 0 Å². The molecule has 0 radical (unpaired) electrons. The smallest absolute Gasteiger partial charge is 0.0695 e. The molecule has 1 atom stereocenters. The van der Waals surface area contributed by atoms with Crippen molar-refractivity contribution >= 4 is 45.9 Å². The number of aromatic nitrogens is 2. The van der Waals surface area contributed by atoms with Crippen molar-refractivity contribution in [2.45, 2.75) is 13.8 Å². The highest BCUT2D eigenvalue weighted by Gasteiger charge is 2.27. The molecule has 0 aliphatic rings. The van der Waals surface area contributed by atoms with E-state index in [1.165, 1.54) is 14.2 Å². The third-order valence-electron chi connectivity index (χ3n) is 5.09. The lowest BCUT2D eigenvalue weighted by molar-refractivity contribution is 0.834. The average molecular weight is 511 g/mol. The Balaban J connectivity index is 1.99. The van der Waals surface area contributed by atoms with Gasteiger partial charge in [-0.25, -0.2) is 4.68 Å². The SMILES string of the molecule is Cc1nn(-c2ccccc2)c(C)c1P(C)(=Nc1ccc(I)cc1)c1ccccc1. The van der Waals surface area contributed by atoms with Gasteiger partial charge in [0, 0.05) is 15.9 Å². The molecule has 0 saturated carbocycles. The summed E-state index contributed by atoms with van der Waals surface area (Å²) in [6, 6.07) is 29.4. The Hall–Kier alpha value is -2.17. The van der Waals surface area contributed by atoms with Crippen LogP contribution < -0.4 is 10.6 Å². The van der Waals surface area contributed by atoms with Crippen LogP contribution in [0.15, 0.2) is 89.7 Å². The van der Waals surface area contributed by atoms with Crippen LogP contribution in [0.4, 0.5) is 5.69 Å². The van der Waals surface area contributed by atoms with Crippen LogP contribution in [0.25, 0.3) is 5.69 Å². The number of hydrogen-bond donors (Lipinski definition) is 0. The van der Waals surface area contributed by atoms with Crippen molar-refractivity contribution in [1.29, 1.82) is 0 Å². The van der Waals surface area contributed by atoms with Crippen LogP contribution in [0.3, 0.4) is 0 Å². The third-order valence-corrected chi connectivity index (χ3v) is 9.26. The molecule has 4 rings (SSSR count). The van der Waals surface area contributed by atoms with Crippen LogP contribution >= 0.6 is 29.6 Å². The van der Waals surface area contributed by atoms with Gasteiger partial charge in [0.05, 0.1) is 22.8 Å². The van der Waals surface area contributed by atoms with Crippen molar-refractivity contribution in [2.75, 3.05) is 6.66 Å². The zero-order valence-corrected chi connectivity index (χ0v) is 19.8. The van der Waals surface area contributed by atoms with Gasteiger partial charge in [0.2, 0.25) is 0 Å². The van der Waals surface area contributed by atoms with E-state index in [-0.39, 0.29) is 0 Å². The molecule has 0 N–H and O–H groups in total.